The van der Waals surface area contributed by atoms with Crippen molar-refractivity contribution in [2.45, 2.75) is 25.2 Å². The second-order valence-corrected chi connectivity index (χ2v) is 8.03. The van der Waals surface area contributed by atoms with Crippen molar-refractivity contribution in [1.82, 2.24) is 0 Å². The van der Waals surface area contributed by atoms with Crippen molar-refractivity contribution in [3.8, 4) is 0 Å². The van der Waals surface area contributed by atoms with Gasteiger partial charge >= 0.3 is 5.97 Å². The minimum atomic E-state index is -3.91. The van der Waals surface area contributed by atoms with Gasteiger partial charge in [-0.3, -0.25) is 9.10 Å². The summed E-state index contributed by atoms with van der Waals surface area (Å²) in [5.74, 6) is -0.589. The quantitative estimate of drug-likeness (QED) is 0.633. The molecule has 0 aliphatic heterocycles. The molecule has 0 spiro atoms. The molecule has 0 unspecified atom stereocenters. The van der Waals surface area contributed by atoms with Crippen LogP contribution in [0.5, 0.6) is 0 Å². The number of para-hydroxylation sites is 1. The van der Waals surface area contributed by atoms with E-state index in [0.29, 0.717) is 12.1 Å². The van der Waals surface area contributed by atoms with Gasteiger partial charge in [0.1, 0.15) is 6.54 Å². The molecule has 25 heavy (non-hydrogen) atoms. The highest BCUT2D eigenvalue weighted by Crippen LogP contribution is 2.28. The third-order valence-electron chi connectivity index (χ3n) is 3.62. The van der Waals surface area contributed by atoms with E-state index in [0.717, 1.165) is 14.3 Å². The molecule has 0 fully saturated rings. The van der Waals surface area contributed by atoms with Crippen LogP contribution in [0.1, 0.15) is 19.4 Å². The molecule has 0 radical (unpaired) electrons. The number of anilines is 1. The van der Waals surface area contributed by atoms with Gasteiger partial charge in [-0.25, -0.2) is 8.42 Å². The molecule has 0 saturated heterocycles. The molecule has 2 aromatic carbocycles. The Bertz CT molecular complexity index is 834. The van der Waals surface area contributed by atoms with Crippen LogP contribution in [0.3, 0.4) is 0 Å². The van der Waals surface area contributed by atoms with Gasteiger partial charge in [0.2, 0.25) is 0 Å². The minimum absolute atomic E-state index is 0.117. The van der Waals surface area contributed by atoms with Crippen molar-refractivity contribution in [2.75, 3.05) is 17.5 Å². The van der Waals surface area contributed by atoms with Gasteiger partial charge in [0.05, 0.1) is 17.2 Å². The topological polar surface area (TPSA) is 63.7 Å². The zero-order valence-electron chi connectivity index (χ0n) is 14.1. The zero-order valence-corrected chi connectivity index (χ0v) is 16.5. The monoisotopic (exact) mass is 425 g/mol. The summed E-state index contributed by atoms with van der Waals surface area (Å²) in [6.07, 6.45) is 0.644. The Morgan fingerprint density at radius 1 is 1.08 bits per heavy atom. The van der Waals surface area contributed by atoms with E-state index in [1.54, 1.807) is 31.2 Å². The molecule has 0 N–H and O–H groups in total. The van der Waals surface area contributed by atoms with Gasteiger partial charge in [-0.05, 0) is 49.2 Å². The van der Waals surface area contributed by atoms with Gasteiger partial charge in [0.25, 0.3) is 10.0 Å². The summed E-state index contributed by atoms with van der Waals surface area (Å²) in [7, 11) is -3.91. The lowest BCUT2D eigenvalue weighted by Gasteiger charge is -2.25. The number of halogens is 1. The molecule has 0 atom stereocenters. The van der Waals surface area contributed by atoms with E-state index in [-0.39, 0.29) is 18.0 Å². The van der Waals surface area contributed by atoms with Crippen molar-refractivity contribution >= 4 is 37.6 Å². The summed E-state index contributed by atoms with van der Waals surface area (Å²) < 4.78 is 33.2. The highest BCUT2D eigenvalue weighted by Gasteiger charge is 2.28. The van der Waals surface area contributed by atoms with E-state index < -0.39 is 16.0 Å². The molecule has 0 bridgehead atoms. The Labute approximate surface area is 156 Å². The van der Waals surface area contributed by atoms with Crippen LogP contribution in [0.15, 0.2) is 57.9 Å². The summed E-state index contributed by atoms with van der Waals surface area (Å²) >= 11 is 3.30. The summed E-state index contributed by atoms with van der Waals surface area (Å²) in [6, 6.07) is 13.5. The molecule has 5 nitrogen and oxygen atoms in total. The number of sulfonamides is 1. The average Bonchev–Trinajstić information content (AvgIpc) is 2.60. The first-order valence-electron chi connectivity index (χ1n) is 7.92. The fourth-order valence-corrected chi connectivity index (χ4v) is 4.12. The molecule has 0 aromatic heterocycles. The van der Waals surface area contributed by atoms with Crippen LogP contribution in [-0.4, -0.2) is 27.5 Å². The molecule has 0 saturated carbocycles. The number of esters is 1. The van der Waals surface area contributed by atoms with E-state index in [2.05, 4.69) is 15.9 Å². The third-order valence-corrected chi connectivity index (χ3v) is 5.92. The molecule has 0 aliphatic rings. The highest BCUT2D eigenvalue weighted by molar-refractivity contribution is 9.10. The summed E-state index contributed by atoms with van der Waals surface area (Å²) in [6.45, 7) is 3.45. The summed E-state index contributed by atoms with van der Waals surface area (Å²) in [4.78, 5) is 12.1. The number of carbonyl (C=O) groups is 1. The first kappa shape index (κ1) is 19.5. The number of nitrogens with zero attached hydrogens (tertiary/aromatic N) is 1. The number of hydrogen-bond acceptors (Lipinski definition) is 4. The van der Waals surface area contributed by atoms with Crippen molar-refractivity contribution in [1.29, 1.82) is 0 Å². The lowest BCUT2D eigenvalue weighted by Crippen LogP contribution is -2.37. The van der Waals surface area contributed by atoms with E-state index in [1.165, 1.54) is 12.1 Å². The smallest absolute Gasteiger partial charge is 0.326 e. The Morgan fingerprint density at radius 2 is 1.72 bits per heavy atom. The predicted octanol–water partition coefficient (Wildman–Crippen LogP) is 3.77. The SMILES string of the molecule is CCOC(=O)CN(c1ccccc1CC)S(=O)(=O)c1ccc(Br)cc1. The van der Waals surface area contributed by atoms with Crippen molar-refractivity contribution < 1.29 is 17.9 Å². The van der Waals surface area contributed by atoms with Gasteiger partial charge < -0.3 is 4.74 Å². The van der Waals surface area contributed by atoms with Crippen LogP contribution >= 0.6 is 15.9 Å². The van der Waals surface area contributed by atoms with Crippen LogP contribution in [0.2, 0.25) is 0 Å². The Morgan fingerprint density at radius 3 is 2.32 bits per heavy atom. The van der Waals surface area contributed by atoms with Gasteiger partial charge in [-0.1, -0.05) is 41.1 Å². The summed E-state index contributed by atoms with van der Waals surface area (Å²) in [5.41, 5.74) is 1.33. The lowest BCUT2D eigenvalue weighted by molar-refractivity contribution is -0.141. The molecule has 7 heteroatoms. The molecule has 0 amide bonds. The van der Waals surface area contributed by atoms with Crippen LogP contribution < -0.4 is 4.31 Å². The molecular formula is C18H20BrNO4S. The standard InChI is InChI=1S/C18H20BrNO4S/c1-3-14-7-5-6-8-17(14)20(13-18(21)24-4-2)25(22,23)16-11-9-15(19)10-12-16/h5-12H,3-4,13H2,1-2H3. The van der Waals surface area contributed by atoms with Crippen molar-refractivity contribution in [2.24, 2.45) is 0 Å². The average molecular weight is 426 g/mol. The lowest BCUT2D eigenvalue weighted by atomic mass is 10.1. The second kappa shape index (κ2) is 8.49. The first-order chi connectivity index (χ1) is 11.9. The second-order valence-electron chi connectivity index (χ2n) is 5.25. The molecular weight excluding hydrogens is 406 g/mol. The third kappa shape index (κ3) is 4.61. The van der Waals surface area contributed by atoms with Crippen LogP contribution in [0.4, 0.5) is 5.69 Å². The minimum Gasteiger partial charge on any atom is -0.465 e. The number of rotatable bonds is 7. The van der Waals surface area contributed by atoms with Crippen molar-refractivity contribution in [3.05, 3.63) is 58.6 Å². The largest absolute Gasteiger partial charge is 0.465 e. The number of benzene rings is 2. The van der Waals surface area contributed by atoms with E-state index >= 15 is 0 Å². The van der Waals surface area contributed by atoms with E-state index in [4.69, 9.17) is 4.74 Å². The van der Waals surface area contributed by atoms with Gasteiger partial charge in [-0.2, -0.15) is 0 Å². The molecule has 2 aromatic rings. The van der Waals surface area contributed by atoms with Crippen molar-refractivity contribution in [3.63, 3.8) is 0 Å². The summed E-state index contributed by atoms with van der Waals surface area (Å²) in [5, 5.41) is 0. The predicted molar refractivity (Wildman–Crippen MR) is 101 cm³/mol. The van der Waals surface area contributed by atoms with Gasteiger partial charge in [0.15, 0.2) is 0 Å². The van der Waals surface area contributed by atoms with E-state index in [1.807, 2.05) is 19.1 Å². The number of hydrogen-bond donors (Lipinski definition) is 0. The zero-order chi connectivity index (χ0) is 18.4. The normalized spacial score (nSPS) is 11.2. The number of aryl methyl sites for hydroxylation is 1. The van der Waals surface area contributed by atoms with Gasteiger partial charge in [-0.15, -0.1) is 0 Å². The number of carbonyl (C=O) groups excluding carboxylic acids is 1. The van der Waals surface area contributed by atoms with Crippen LogP contribution in [-0.2, 0) is 26.0 Å². The molecule has 0 aliphatic carbocycles. The maximum absolute atomic E-state index is 13.2. The Kier molecular flexibility index (Phi) is 6.61. The first-order valence-corrected chi connectivity index (χ1v) is 10.1. The van der Waals surface area contributed by atoms with Crippen LogP contribution in [0, 0.1) is 0 Å². The maximum atomic E-state index is 13.2. The molecule has 0 heterocycles. The molecule has 2 rings (SSSR count). The van der Waals surface area contributed by atoms with Crippen LogP contribution in [0.25, 0.3) is 0 Å². The molecule has 134 valence electrons. The maximum Gasteiger partial charge on any atom is 0.326 e. The van der Waals surface area contributed by atoms with Gasteiger partial charge in [0, 0.05) is 4.47 Å². The highest BCUT2D eigenvalue weighted by atomic mass is 79.9. The fraction of sp³-hybridized carbons (Fsp3) is 0.278. The van der Waals surface area contributed by atoms with E-state index in [9.17, 15) is 13.2 Å². The Balaban J connectivity index is 2.54. The number of ether oxygens (including phenoxy) is 1. The fourth-order valence-electron chi connectivity index (χ4n) is 2.41. The Hall–Kier alpha value is -1.86.